The second-order valence-corrected chi connectivity index (χ2v) is 5.22. The molecule has 0 aliphatic carbocycles. The Bertz CT molecular complexity index is 645. The van der Waals surface area contributed by atoms with Crippen molar-refractivity contribution in [1.82, 2.24) is 0 Å². The quantitative estimate of drug-likeness (QED) is 0.798. The van der Waals surface area contributed by atoms with Crippen LogP contribution in [0.15, 0.2) is 30.3 Å². The Morgan fingerprint density at radius 3 is 2.50 bits per heavy atom. The van der Waals surface area contributed by atoms with Gasteiger partial charge in [0.25, 0.3) is 0 Å². The molecular weight excluding hydrogens is 258 g/mol. The minimum Gasteiger partial charge on any atom is -0.399 e. The number of anilines is 3. The summed E-state index contributed by atoms with van der Waals surface area (Å²) in [6.45, 7) is 2.62. The van der Waals surface area contributed by atoms with E-state index in [4.69, 9.17) is 5.73 Å². The van der Waals surface area contributed by atoms with Crippen LogP contribution in [0.4, 0.5) is 25.8 Å². The lowest BCUT2D eigenvalue weighted by atomic mass is 9.99. The molecule has 1 heterocycles. The van der Waals surface area contributed by atoms with Gasteiger partial charge in [0.15, 0.2) is 11.6 Å². The SMILES string of the molecule is Cc1ccc2c(c1)CCCN2c1c(F)cc(N)cc1F. The maximum Gasteiger partial charge on any atom is 0.151 e. The number of nitrogens with zero attached hydrogens (tertiary/aromatic N) is 1. The molecule has 0 saturated carbocycles. The number of rotatable bonds is 1. The summed E-state index contributed by atoms with van der Waals surface area (Å²) in [5, 5.41) is 0. The van der Waals surface area contributed by atoms with Crippen molar-refractivity contribution in [1.29, 1.82) is 0 Å². The van der Waals surface area contributed by atoms with Crippen molar-refractivity contribution in [2.45, 2.75) is 19.8 Å². The molecule has 2 aromatic rings. The number of hydrogen-bond acceptors (Lipinski definition) is 2. The lowest BCUT2D eigenvalue weighted by molar-refractivity contribution is 0.577. The second-order valence-electron chi connectivity index (χ2n) is 5.22. The molecule has 2 nitrogen and oxygen atoms in total. The summed E-state index contributed by atoms with van der Waals surface area (Å²) < 4.78 is 28.2. The van der Waals surface area contributed by atoms with E-state index in [0.29, 0.717) is 6.54 Å². The average Bonchev–Trinajstić information content (AvgIpc) is 2.37. The van der Waals surface area contributed by atoms with Gasteiger partial charge in [0.2, 0.25) is 0 Å². The maximum atomic E-state index is 14.1. The zero-order valence-electron chi connectivity index (χ0n) is 11.3. The third kappa shape index (κ3) is 2.11. The summed E-state index contributed by atoms with van der Waals surface area (Å²) in [6.07, 6.45) is 1.81. The van der Waals surface area contributed by atoms with Crippen LogP contribution in [0.5, 0.6) is 0 Å². The van der Waals surface area contributed by atoms with Crippen LogP contribution in [0.3, 0.4) is 0 Å². The summed E-state index contributed by atoms with van der Waals surface area (Å²) >= 11 is 0. The molecule has 4 heteroatoms. The number of nitrogens with two attached hydrogens (primary N) is 1. The van der Waals surface area contributed by atoms with Crippen LogP contribution in [0.25, 0.3) is 0 Å². The van der Waals surface area contributed by atoms with E-state index in [9.17, 15) is 8.78 Å². The Morgan fingerprint density at radius 2 is 1.80 bits per heavy atom. The van der Waals surface area contributed by atoms with Crippen LogP contribution in [0, 0.1) is 18.6 Å². The first kappa shape index (κ1) is 12.9. The van der Waals surface area contributed by atoms with Crippen LogP contribution >= 0.6 is 0 Å². The molecule has 0 unspecified atom stereocenters. The first-order valence-electron chi connectivity index (χ1n) is 6.68. The Labute approximate surface area is 116 Å². The van der Waals surface area contributed by atoms with Crippen molar-refractivity contribution in [3.8, 4) is 0 Å². The van der Waals surface area contributed by atoms with Gasteiger partial charge in [-0.05, 0) is 43.5 Å². The number of benzene rings is 2. The molecular formula is C16H16F2N2. The van der Waals surface area contributed by atoms with E-state index in [0.717, 1.165) is 29.7 Å². The van der Waals surface area contributed by atoms with Crippen LogP contribution in [-0.2, 0) is 6.42 Å². The monoisotopic (exact) mass is 274 g/mol. The standard InChI is InChI=1S/C16H16F2N2/c1-10-4-5-15-11(7-10)3-2-6-20(15)16-13(17)8-12(19)9-14(16)18/h4-5,7-9H,2-3,6,19H2,1H3. The maximum absolute atomic E-state index is 14.1. The minimum absolute atomic E-state index is 0.0102. The highest BCUT2D eigenvalue weighted by Crippen LogP contribution is 2.37. The summed E-state index contributed by atoms with van der Waals surface area (Å²) in [7, 11) is 0. The van der Waals surface area contributed by atoms with Gasteiger partial charge in [-0.25, -0.2) is 8.78 Å². The van der Waals surface area contributed by atoms with E-state index in [1.807, 2.05) is 19.1 Å². The Hall–Kier alpha value is -2.10. The molecule has 0 amide bonds. The smallest absolute Gasteiger partial charge is 0.151 e. The van der Waals surface area contributed by atoms with Gasteiger partial charge in [0.1, 0.15) is 5.69 Å². The molecule has 20 heavy (non-hydrogen) atoms. The Balaban J connectivity index is 2.14. The van der Waals surface area contributed by atoms with Crippen molar-refractivity contribution >= 4 is 17.1 Å². The summed E-state index contributed by atoms with van der Waals surface area (Å²) in [4.78, 5) is 1.71. The van der Waals surface area contributed by atoms with Crippen molar-refractivity contribution < 1.29 is 8.78 Å². The predicted octanol–water partition coefficient (Wildman–Crippen LogP) is 3.94. The fourth-order valence-electron chi connectivity index (χ4n) is 2.80. The van der Waals surface area contributed by atoms with E-state index in [-0.39, 0.29) is 11.4 Å². The fourth-order valence-corrected chi connectivity index (χ4v) is 2.80. The van der Waals surface area contributed by atoms with Gasteiger partial charge in [0, 0.05) is 17.9 Å². The fraction of sp³-hybridized carbons (Fsp3) is 0.250. The number of halogens is 2. The van der Waals surface area contributed by atoms with Gasteiger partial charge in [-0.1, -0.05) is 17.7 Å². The molecule has 2 N–H and O–H groups in total. The van der Waals surface area contributed by atoms with Gasteiger partial charge in [-0.2, -0.15) is 0 Å². The number of fused-ring (bicyclic) bond motifs is 1. The molecule has 0 radical (unpaired) electrons. The van der Waals surface area contributed by atoms with Crippen molar-refractivity contribution in [2.75, 3.05) is 17.2 Å². The van der Waals surface area contributed by atoms with Gasteiger partial charge in [-0.3, -0.25) is 0 Å². The normalized spacial score (nSPS) is 14.2. The van der Waals surface area contributed by atoms with Crippen molar-refractivity contribution in [3.05, 3.63) is 53.1 Å². The van der Waals surface area contributed by atoms with Crippen LogP contribution in [0.2, 0.25) is 0 Å². The second kappa shape index (κ2) is 4.78. The van der Waals surface area contributed by atoms with E-state index >= 15 is 0 Å². The van der Waals surface area contributed by atoms with Gasteiger partial charge < -0.3 is 10.6 Å². The summed E-state index contributed by atoms with van der Waals surface area (Å²) in [5.74, 6) is -1.23. The van der Waals surface area contributed by atoms with E-state index < -0.39 is 11.6 Å². The van der Waals surface area contributed by atoms with Gasteiger partial charge in [0.05, 0.1) is 0 Å². The van der Waals surface area contributed by atoms with E-state index in [1.165, 1.54) is 12.1 Å². The first-order valence-corrected chi connectivity index (χ1v) is 6.68. The molecule has 0 spiro atoms. The highest BCUT2D eigenvalue weighted by molar-refractivity contribution is 5.70. The lowest BCUT2D eigenvalue weighted by Gasteiger charge is -2.32. The molecule has 104 valence electrons. The highest BCUT2D eigenvalue weighted by atomic mass is 19.1. The molecule has 0 saturated heterocycles. The van der Waals surface area contributed by atoms with Crippen LogP contribution < -0.4 is 10.6 Å². The summed E-state index contributed by atoms with van der Waals surface area (Å²) in [6, 6.07) is 8.31. The molecule has 0 atom stereocenters. The zero-order valence-corrected chi connectivity index (χ0v) is 11.3. The van der Waals surface area contributed by atoms with Crippen LogP contribution in [-0.4, -0.2) is 6.54 Å². The van der Waals surface area contributed by atoms with Gasteiger partial charge in [-0.15, -0.1) is 0 Å². The molecule has 1 aliphatic heterocycles. The Morgan fingerprint density at radius 1 is 1.10 bits per heavy atom. The molecule has 3 rings (SSSR count). The molecule has 0 bridgehead atoms. The third-order valence-electron chi connectivity index (χ3n) is 3.66. The number of hydrogen-bond donors (Lipinski definition) is 1. The summed E-state index contributed by atoms with van der Waals surface area (Å²) in [5.41, 5.74) is 8.73. The first-order chi connectivity index (χ1) is 9.56. The Kier molecular flexibility index (Phi) is 3.08. The molecule has 1 aliphatic rings. The molecule has 0 aromatic heterocycles. The van der Waals surface area contributed by atoms with E-state index in [2.05, 4.69) is 6.07 Å². The van der Waals surface area contributed by atoms with Gasteiger partial charge >= 0.3 is 0 Å². The number of nitrogen functional groups attached to an aromatic ring is 1. The third-order valence-corrected chi connectivity index (χ3v) is 3.66. The molecule has 0 fully saturated rings. The number of aryl methyl sites for hydroxylation is 2. The topological polar surface area (TPSA) is 29.3 Å². The minimum atomic E-state index is -0.615. The predicted molar refractivity (Wildman–Crippen MR) is 77.3 cm³/mol. The molecule has 2 aromatic carbocycles. The zero-order chi connectivity index (χ0) is 14.3. The largest absolute Gasteiger partial charge is 0.399 e. The average molecular weight is 274 g/mol. The van der Waals surface area contributed by atoms with Crippen molar-refractivity contribution in [3.63, 3.8) is 0 Å². The van der Waals surface area contributed by atoms with Crippen LogP contribution in [0.1, 0.15) is 17.5 Å². The lowest BCUT2D eigenvalue weighted by Crippen LogP contribution is -2.26. The van der Waals surface area contributed by atoms with E-state index in [1.54, 1.807) is 4.90 Å². The highest BCUT2D eigenvalue weighted by Gasteiger charge is 2.24. The van der Waals surface area contributed by atoms with Crippen molar-refractivity contribution in [2.24, 2.45) is 0 Å².